The fraction of sp³-hybridized carbons (Fsp3) is 0.520. The molecule has 0 spiro atoms. The van der Waals surface area contributed by atoms with Crippen LogP contribution in [0.25, 0.3) is 11.1 Å². The summed E-state index contributed by atoms with van der Waals surface area (Å²) < 4.78 is 0. The molecule has 3 rings (SSSR count). The molecule has 0 fully saturated rings. The van der Waals surface area contributed by atoms with Gasteiger partial charge in [0.05, 0.1) is 0 Å². The second-order valence-corrected chi connectivity index (χ2v) is 7.35. The Morgan fingerprint density at radius 3 is 1.16 bits per heavy atom. The number of benzene rings is 2. The van der Waals surface area contributed by atoms with Gasteiger partial charge in [0, 0.05) is 0 Å². The fourth-order valence-electron chi connectivity index (χ4n) is 5.22. The van der Waals surface area contributed by atoms with E-state index < -0.39 is 0 Å². The second-order valence-electron chi connectivity index (χ2n) is 7.35. The van der Waals surface area contributed by atoms with Crippen LogP contribution in [-0.4, -0.2) is 0 Å². The van der Waals surface area contributed by atoms with E-state index in [1.165, 1.54) is 0 Å². The Labute approximate surface area is 154 Å². The van der Waals surface area contributed by atoms with Gasteiger partial charge in [0.1, 0.15) is 0 Å². The van der Waals surface area contributed by atoms with Gasteiger partial charge in [-0.25, -0.2) is 0 Å². The van der Waals surface area contributed by atoms with E-state index in [2.05, 4.69) is 53.7 Å². The van der Waals surface area contributed by atoms with E-state index in [4.69, 9.17) is 0 Å². The molecular formula is C25H34. The van der Waals surface area contributed by atoms with E-state index in [0.717, 1.165) is 44.9 Å². The molecule has 0 N–H and O–H groups in total. The lowest BCUT2D eigenvalue weighted by Crippen LogP contribution is -2.05. The maximum Gasteiger partial charge on any atom is -0.00130 e. The molecule has 0 aromatic heterocycles. The van der Waals surface area contributed by atoms with Crippen LogP contribution < -0.4 is 0 Å². The van der Waals surface area contributed by atoms with Gasteiger partial charge < -0.3 is 0 Å². The summed E-state index contributed by atoms with van der Waals surface area (Å²) >= 11 is 0. The first-order valence-corrected chi connectivity index (χ1v) is 10.5. The minimum atomic E-state index is 1.14. The normalized spacial score (nSPS) is 12.4. The maximum atomic E-state index is 2.53. The van der Waals surface area contributed by atoms with Crippen molar-refractivity contribution in [2.45, 2.75) is 86.5 Å². The van der Waals surface area contributed by atoms with Gasteiger partial charge in [-0.2, -0.15) is 0 Å². The van der Waals surface area contributed by atoms with Gasteiger partial charge in [0.15, 0.2) is 0 Å². The highest BCUT2D eigenvalue weighted by molar-refractivity contribution is 5.85. The molecule has 1 aliphatic rings. The number of hydrogen-bond donors (Lipinski definition) is 0. The van der Waals surface area contributed by atoms with Crippen molar-refractivity contribution in [3.63, 3.8) is 0 Å². The molecule has 0 saturated heterocycles. The first-order valence-electron chi connectivity index (χ1n) is 10.5. The smallest absolute Gasteiger partial charge is 0.00130 e. The van der Waals surface area contributed by atoms with Crippen molar-refractivity contribution in [3.05, 3.63) is 56.6 Å². The zero-order valence-corrected chi connectivity index (χ0v) is 17.1. The Bertz CT molecular complexity index is 725. The molecule has 0 unspecified atom stereocenters. The van der Waals surface area contributed by atoms with Crippen LogP contribution in [0, 0.1) is 0 Å². The summed E-state index contributed by atoms with van der Waals surface area (Å²) in [5.41, 5.74) is 16.1. The molecule has 0 radical (unpaired) electrons. The van der Waals surface area contributed by atoms with Crippen LogP contribution >= 0.6 is 0 Å². The molecule has 0 amide bonds. The minimum absolute atomic E-state index is 1.14. The molecular weight excluding hydrogens is 300 g/mol. The highest BCUT2D eigenvalue weighted by Gasteiger charge is 2.28. The predicted molar refractivity (Wildman–Crippen MR) is 111 cm³/mol. The number of hydrogen-bond acceptors (Lipinski definition) is 0. The van der Waals surface area contributed by atoms with Gasteiger partial charge in [-0.05, 0) is 101 Å². The Morgan fingerprint density at radius 2 is 0.880 bits per heavy atom. The monoisotopic (exact) mass is 334 g/mol. The average Bonchev–Trinajstić information content (AvgIpc) is 3.01. The number of aryl methyl sites for hydroxylation is 2. The molecule has 1 aliphatic carbocycles. The SMILES string of the molecule is CCc1cc2c(c(CC)c1CC)-c1c(cc(CC)c(CC)c1CC)C2. The Kier molecular flexibility index (Phi) is 5.37. The summed E-state index contributed by atoms with van der Waals surface area (Å²) in [5.74, 6) is 0. The predicted octanol–water partition coefficient (Wildman–Crippen LogP) is 6.63. The van der Waals surface area contributed by atoms with E-state index in [1.54, 1.807) is 55.6 Å². The lowest BCUT2D eigenvalue weighted by molar-refractivity contribution is 0.972. The molecule has 0 heteroatoms. The largest absolute Gasteiger partial charge is 0.0613 e. The third-order valence-electron chi connectivity index (χ3n) is 6.25. The van der Waals surface area contributed by atoms with Crippen molar-refractivity contribution in [2.75, 3.05) is 0 Å². The summed E-state index contributed by atoms with van der Waals surface area (Å²) in [4.78, 5) is 0. The van der Waals surface area contributed by atoms with Gasteiger partial charge in [-0.3, -0.25) is 0 Å². The quantitative estimate of drug-likeness (QED) is 0.474. The molecule has 0 saturated carbocycles. The first kappa shape index (κ1) is 18.2. The lowest BCUT2D eigenvalue weighted by Gasteiger charge is -2.21. The first-order chi connectivity index (χ1) is 12.1. The third kappa shape index (κ3) is 2.75. The van der Waals surface area contributed by atoms with Gasteiger partial charge >= 0.3 is 0 Å². The third-order valence-corrected chi connectivity index (χ3v) is 6.25. The fourth-order valence-corrected chi connectivity index (χ4v) is 5.22. The van der Waals surface area contributed by atoms with Crippen molar-refractivity contribution in [1.29, 1.82) is 0 Å². The summed E-state index contributed by atoms with van der Waals surface area (Å²) in [7, 11) is 0. The molecule has 2 aromatic carbocycles. The van der Waals surface area contributed by atoms with Gasteiger partial charge in [-0.15, -0.1) is 0 Å². The van der Waals surface area contributed by atoms with E-state index >= 15 is 0 Å². The van der Waals surface area contributed by atoms with Gasteiger partial charge in [-0.1, -0.05) is 53.7 Å². The Balaban J connectivity index is 2.38. The highest BCUT2D eigenvalue weighted by atomic mass is 14.3. The Morgan fingerprint density at radius 1 is 0.520 bits per heavy atom. The number of rotatable bonds is 6. The summed E-state index contributed by atoms with van der Waals surface area (Å²) in [6, 6.07) is 5.06. The van der Waals surface area contributed by atoms with Crippen molar-refractivity contribution in [3.8, 4) is 11.1 Å². The van der Waals surface area contributed by atoms with Crippen molar-refractivity contribution in [2.24, 2.45) is 0 Å². The van der Waals surface area contributed by atoms with E-state index in [-0.39, 0.29) is 0 Å². The zero-order valence-electron chi connectivity index (χ0n) is 17.1. The molecule has 0 bridgehead atoms. The van der Waals surface area contributed by atoms with E-state index in [0.29, 0.717) is 0 Å². The zero-order chi connectivity index (χ0) is 18.1. The molecule has 0 nitrogen and oxygen atoms in total. The molecule has 0 heterocycles. The van der Waals surface area contributed by atoms with Crippen LogP contribution in [0.1, 0.15) is 86.1 Å². The molecule has 25 heavy (non-hydrogen) atoms. The van der Waals surface area contributed by atoms with Crippen molar-refractivity contribution in [1.82, 2.24) is 0 Å². The molecule has 0 aliphatic heterocycles. The van der Waals surface area contributed by atoms with Gasteiger partial charge in [0.25, 0.3) is 0 Å². The molecule has 2 aromatic rings. The topological polar surface area (TPSA) is 0 Å². The molecule has 134 valence electrons. The standard InChI is InChI=1S/C25H34/c1-7-16-13-18-15-19-14-17(8-2)21(10-4)23(12-6)25(19)24(18)22(11-5)20(16)9-3/h13-14H,7-12,15H2,1-6H3. The van der Waals surface area contributed by atoms with Gasteiger partial charge in [0.2, 0.25) is 0 Å². The Hall–Kier alpha value is -1.56. The summed E-state index contributed by atoms with van der Waals surface area (Å²) in [6.45, 7) is 14.0. The van der Waals surface area contributed by atoms with Crippen molar-refractivity contribution >= 4 is 0 Å². The second kappa shape index (κ2) is 7.36. The van der Waals surface area contributed by atoms with Crippen LogP contribution in [0.5, 0.6) is 0 Å². The van der Waals surface area contributed by atoms with E-state index in [1.807, 2.05) is 0 Å². The van der Waals surface area contributed by atoms with E-state index in [9.17, 15) is 0 Å². The van der Waals surface area contributed by atoms with Crippen LogP contribution in [0.3, 0.4) is 0 Å². The van der Waals surface area contributed by atoms with Crippen molar-refractivity contribution < 1.29 is 0 Å². The minimum Gasteiger partial charge on any atom is -0.0613 e. The van der Waals surface area contributed by atoms with Crippen LogP contribution in [0.15, 0.2) is 12.1 Å². The highest BCUT2D eigenvalue weighted by Crippen LogP contribution is 2.46. The molecule has 0 atom stereocenters. The average molecular weight is 335 g/mol. The summed E-state index contributed by atoms with van der Waals surface area (Å²) in [6.07, 6.45) is 8.06. The van der Waals surface area contributed by atoms with Crippen LogP contribution in [0.4, 0.5) is 0 Å². The maximum absolute atomic E-state index is 2.53. The van der Waals surface area contributed by atoms with Crippen LogP contribution in [0.2, 0.25) is 0 Å². The lowest BCUT2D eigenvalue weighted by atomic mass is 9.83. The number of fused-ring (bicyclic) bond motifs is 3. The van der Waals surface area contributed by atoms with Crippen LogP contribution in [-0.2, 0) is 44.9 Å². The summed E-state index contributed by atoms with van der Waals surface area (Å²) in [5, 5.41) is 0.